The van der Waals surface area contributed by atoms with Gasteiger partial charge in [0.2, 0.25) is 5.91 Å². The molecule has 0 unspecified atom stereocenters. The van der Waals surface area contributed by atoms with Crippen molar-refractivity contribution in [3.05, 3.63) is 23.4 Å². The van der Waals surface area contributed by atoms with Crippen LogP contribution in [0.25, 0.3) is 5.70 Å². The number of aromatic nitrogens is 1. The van der Waals surface area contributed by atoms with Gasteiger partial charge in [0.25, 0.3) is 0 Å². The lowest BCUT2D eigenvalue weighted by Gasteiger charge is -2.07. The van der Waals surface area contributed by atoms with Crippen LogP contribution in [0.5, 0.6) is 0 Å². The molecule has 5 nitrogen and oxygen atoms in total. The second kappa shape index (κ2) is 5.75. The van der Waals surface area contributed by atoms with Gasteiger partial charge in [0.15, 0.2) is 0 Å². The molecule has 108 valence electrons. The van der Waals surface area contributed by atoms with Crippen molar-refractivity contribution in [2.75, 3.05) is 12.8 Å². The normalized spacial score (nSPS) is 15.6. The SMILES string of the molecule is CNC(=O)C=C1CSc2c(C(=O)OC(C)C)cc(C)n21. The van der Waals surface area contributed by atoms with Crippen LogP contribution >= 0.6 is 11.8 Å². The quantitative estimate of drug-likeness (QED) is 0.684. The van der Waals surface area contributed by atoms with Crippen molar-refractivity contribution in [3.8, 4) is 0 Å². The van der Waals surface area contributed by atoms with Crippen LogP contribution in [0.4, 0.5) is 0 Å². The second-order valence-corrected chi connectivity index (χ2v) is 5.80. The number of hydrogen-bond donors (Lipinski definition) is 1. The molecular weight excluding hydrogens is 276 g/mol. The van der Waals surface area contributed by atoms with E-state index in [2.05, 4.69) is 5.32 Å². The second-order valence-electron chi connectivity index (χ2n) is 4.83. The highest BCUT2D eigenvalue weighted by atomic mass is 32.2. The highest BCUT2D eigenvalue weighted by Crippen LogP contribution is 2.38. The summed E-state index contributed by atoms with van der Waals surface area (Å²) >= 11 is 1.55. The average Bonchev–Trinajstić information content (AvgIpc) is 2.91. The molecule has 0 atom stereocenters. The third-order valence-corrected chi connectivity index (χ3v) is 4.01. The molecule has 0 radical (unpaired) electrons. The van der Waals surface area contributed by atoms with E-state index in [1.807, 2.05) is 31.4 Å². The van der Waals surface area contributed by atoms with Crippen LogP contribution in [-0.4, -0.2) is 35.3 Å². The first-order valence-corrected chi connectivity index (χ1v) is 7.41. The Bertz CT molecular complexity index is 587. The molecule has 0 aliphatic carbocycles. The van der Waals surface area contributed by atoms with E-state index >= 15 is 0 Å². The van der Waals surface area contributed by atoms with Gasteiger partial charge in [-0.2, -0.15) is 0 Å². The zero-order valence-corrected chi connectivity index (χ0v) is 12.8. The third kappa shape index (κ3) is 2.75. The molecular formula is C14H18N2O3S. The lowest BCUT2D eigenvalue weighted by Crippen LogP contribution is -2.15. The van der Waals surface area contributed by atoms with Gasteiger partial charge in [0.05, 0.1) is 16.7 Å². The molecule has 0 aromatic carbocycles. The summed E-state index contributed by atoms with van der Waals surface area (Å²) in [6.45, 7) is 5.56. The summed E-state index contributed by atoms with van der Waals surface area (Å²) in [6, 6.07) is 1.81. The monoisotopic (exact) mass is 294 g/mol. The number of aryl methyl sites for hydroxylation is 1. The average molecular weight is 294 g/mol. The Labute approximate surface area is 122 Å². The van der Waals surface area contributed by atoms with Crippen LogP contribution in [0, 0.1) is 6.92 Å². The zero-order chi connectivity index (χ0) is 14.9. The van der Waals surface area contributed by atoms with E-state index in [4.69, 9.17) is 4.74 Å². The topological polar surface area (TPSA) is 60.3 Å². The Balaban J connectivity index is 2.37. The number of hydrogen-bond acceptors (Lipinski definition) is 4. The maximum Gasteiger partial charge on any atom is 0.341 e. The molecule has 2 heterocycles. The van der Waals surface area contributed by atoms with E-state index in [1.165, 1.54) is 0 Å². The van der Waals surface area contributed by atoms with Gasteiger partial charge in [-0.3, -0.25) is 4.79 Å². The molecule has 1 aromatic heterocycles. The van der Waals surface area contributed by atoms with Crippen molar-refractivity contribution in [3.63, 3.8) is 0 Å². The van der Waals surface area contributed by atoms with E-state index in [1.54, 1.807) is 24.9 Å². The summed E-state index contributed by atoms with van der Waals surface area (Å²) in [6.07, 6.45) is 1.42. The standard InChI is InChI=1S/C14H18N2O3S/c1-8(2)19-14(18)11-5-9(3)16-10(6-12(17)15-4)7-20-13(11)16/h5-6,8H,7H2,1-4H3,(H,15,17). The Morgan fingerprint density at radius 3 is 2.80 bits per heavy atom. The van der Waals surface area contributed by atoms with Gasteiger partial charge in [-0.25, -0.2) is 4.79 Å². The number of carbonyl (C=O) groups is 2. The summed E-state index contributed by atoms with van der Waals surface area (Å²) in [5.74, 6) is 0.213. The number of likely N-dealkylation sites (N-methyl/N-ethyl adjacent to an activating group) is 1. The van der Waals surface area contributed by atoms with E-state index < -0.39 is 0 Å². The Morgan fingerprint density at radius 1 is 1.50 bits per heavy atom. The van der Waals surface area contributed by atoms with Crippen molar-refractivity contribution < 1.29 is 14.3 Å². The smallest absolute Gasteiger partial charge is 0.341 e. The molecule has 6 heteroatoms. The van der Waals surface area contributed by atoms with Crippen LogP contribution in [0.3, 0.4) is 0 Å². The number of carbonyl (C=O) groups excluding carboxylic acids is 2. The molecule has 0 spiro atoms. The predicted octanol–water partition coefficient (Wildman–Crippen LogP) is 2.05. The van der Waals surface area contributed by atoms with Gasteiger partial charge in [-0.15, -0.1) is 11.8 Å². The molecule has 0 bridgehead atoms. The number of fused-ring (bicyclic) bond motifs is 1. The molecule has 1 amide bonds. The van der Waals surface area contributed by atoms with Crippen LogP contribution in [0.15, 0.2) is 17.2 Å². The van der Waals surface area contributed by atoms with Gasteiger partial charge < -0.3 is 14.6 Å². The molecule has 0 saturated carbocycles. The highest BCUT2D eigenvalue weighted by molar-refractivity contribution is 8.00. The van der Waals surface area contributed by atoms with Crippen LogP contribution < -0.4 is 5.32 Å². The maximum absolute atomic E-state index is 12.1. The van der Waals surface area contributed by atoms with E-state index in [-0.39, 0.29) is 18.0 Å². The Hall–Kier alpha value is -1.69. The van der Waals surface area contributed by atoms with Crippen molar-refractivity contribution in [2.45, 2.75) is 31.9 Å². The number of esters is 1. The molecule has 20 heavy (non-hydrogen) atoms. The minimum absolute atomic E-state index is 0.146. The third-order valence-electron chi connectivity index (χ3n) is 2.89. The van der Waals surface area contributed by atoms with Crippen LogP contribution in [0.2, 0.25) is 0 Å². The first-order valence-electron chi connectivity index (χ1n) is 6.42. The summed E-state index contributed by atoms with van der Waals surface area (Å²) < 4.78 is 7.19. The van der Waals surface area contributed by atoms with Crippen molar-refractivity contribution in [2.24, 2.45) is 0 Å². The van der Waals surface area contributed by atoms with Crippen LogP contribution in [-0.2, 0) is 9.53 Å². The predicted molar refractivity (Wildman–Crippen MR) is 78.8 cm³/mol. The fourth-order valence-electron chi connectivity index (χ4n) is 2.08. The molecule has 1 aliphatic heterocycles. The minimum atomic E-state index is -0.314. The molecule has 1 aliphatic rings. The van der Waals surface area contributed by atoms with Gasteiger partial charge in [-0.1, -0.05) is 0 Å². The summed E-state index contributed by atoms with van der Waals surface area (Å²) in [5.41, 5.74) is 2.38. The molecule has 1 N–H and O–H groups in total. The van der Waals surface area contributed by atoms with E-state index in [0.717, 1.165) is 16.4 Å². The van der Waals surface area contributed by atoms with E-state index in [9.17, 15) is 9.59 Å². The van der Waals surface area contributed by atoms with Gasteiger partial charge in [0.1, 0.15) is 0 Å². The number of nitrogens with one attached hydrogen (secondary N) is 1. The van der Waals surface area contributed by atoms with Crippen molar-refractivity contribution in [1.29, 1.82) is 0 Å². The Kier molecular flexibility index (Phi) is 4.23. The van der Waals surface area contributed by atoms with Gasteiger partial charge >= 0.3 is 5.97 Å². The summed E-state index contributed by atoms with van der Waals surface area (Å²) in [4.78, 5) is 23.5. The highest BCUT2D eigenvalue weighted by Gasteiger charge is 2.27. The molecule has 1 aromatic rings. The largest absolute Gasteiger partial charge is 0.459 e. The number of thioether (sulfide) groups is 1. The van der Waals surface area contributed by atoms with Crippen LogP contribution in [0.1, 0.15) is 29.9 Å². The number of rotatable bonds is 3. The van der Waals surface area contributed by atoms with Crippen molar-refractivity contribution >= 4 is 29.3 Å². The van der Waals surface area contributed by atoms with Crippen molar-refractivity contribution in [1.82, 2.24) is 9.88 Å². The Morgan fingerprint density at radius 2 is 2.20 bits per heavy atom. The maximum atomic E-state index is 12.1. The number of amides is 1. The number of nitrogens with zero attached hydrogens (tertiary/aromatic N) is 1. The first kappa shape index (κ1) is 14.7. The molecule has 0 saturated heterocycles. The fourth-order valence-corrected chi connectivity index (χ4v) is 3.26. The molecule has 2 rings (SSSR count). The van der Waals surface area contributed by atoms with E-state index in [0.29, 0.717) is 11.3 Å². The molecule has 0 fully saturated rings. The lowest BCUT2D eigenvalue weighted by molar-refractivity contribution is -0.116. The lowest BCUT2D eigenvalue weighted by atomic mass is 10.3. The van der Waals surface area contributed by atoms with Gasteiger partial charge in [-0.05, 0) is 26.8 Å². The fraction of sp³-hybridized carbons (Fsp3) is 0.429. The minimum Gasteiger partial charge on any atom is -0.459 e. The zero-order valence-electron chi connectivity index (χ0n) is 12.0. The summed E-state index contributed by atoms with van der Waals surface area (Å²) in [7, 11) is 1.59. The first-order chi connectivity index (χ1) is 9.43. The number of ether oxygens (including phenoxy) is 1. The summed E-state index contributed by atoms with van der Waals surface area (Å²) in [5, 5.41) is 3.42. The van der Waals surface area contributed by atoms with Gasteiger partial charge in [0, 0.05) is 30.3 Å².